The SMILES string of the molecule is C=CCN(CC(=C)N(C)N1CCCCC1)c1cc(C#N)ccc1C.CCCc1ccc(C)cc1.CNCCNC(C)C. The Morgan fingerprint density at radius 3 is 2.29 bits per heavy atom. The summed E-state index contributed by atoms with van der Waals surface area (Å²) >= 11 is 0. The average Bonchev–Trinajstić information content (AvgIpc) is 2.99. The van der Waals surface area contributed by atoms with Crippen molar-refractivity contribution in [2.45, 2.75) is 72.8 Å². The zero-order valence-corrected chi connectivity index (χ0v) is 27.7. The van der Waals surface area contributed by atoms with Gasteiger partial charge in [-0.05, 0) is 63.4 Å². The van der Waals surface area contributed by atoms with Gasteiger partial charge >= 0.3 is 0 Å². The highest BCUT2D eigenvalue weighted by Gasteiger charge is 2.18. The molecule has 1 saturated heterocycles. The predicted octanol–water partition coefficient (Wildman–Crippen LogP) is 6.86. The maximum atomic E-state index is 9.18. The molecule has 0 bridgehead atoms. The monoisotopic (exact) mass is 574 g/mol. The van der Waals surface area contributed by atoms with E-state index < -0.39 is 0 Å². The van der Waals surface area contributed by atoms with Gasteiger partial charge in [0, 0.05) is 57.2 Å². The van der Waals surface area contributed by atoms with E-state index in [-0.39, 0.29) is 0 Å². The van der Waals surface area contributed by atoms with Crippen LogP contribution in [0.4, 0.5) is 5.69 Å². The van der Waals surface area contributed by atoms with Crippen LogP contribution in [-0.2, 0) is 6.42 Å². The summed E-state index contributed by atoms with van der Waals surface area (Å²) in [6, 6.07) is 17.4. The standard InChI is InChI=1S/C20H28N4.C10H14.C6H16N2/c1-5-11-23(20-14-19(15-21)10-9-17(20)2)16-18(3)22(4)24-12-7-6-8-13-24;1-3-4-10-7-5-9(2)6-8-10;1-6(2)8-5-4-7-3/h5,9-10,14H,1,3,6-8,11-13,16H2,2,4H3;5-8H,3-4H2,1-2H3;6-8H,4-5H2,1-3H3. The lowest BCUT2D eigenvalue weighted by Crippen LogP contribution is -2.44. The number of nitrogens with zero attached hydrogens (tertiary/aromatic N) is 4. The van der Waals surface area contributed by atoms with Crippen LogP contribution in [0.2, 0.25) is 0 Å². The highest BCUT2D eigenvalue weighted by molar-refractivity contribution is 5.58. The van der Waals surface area contributed by atoms with E-state index >= 15 is 0 Å². The summed E-state index contributed by atoms with van der Waals surface area (Å²) in [5, 5.41) is 20.1. The number of benzene rings is 2. The number of nitriles is 1. The highest BCUT2D eigenvalue weighted by Crippen LogP contribution is 2.23. The van der Waals surface area contributed by atoms with Gasteiger partial charge in [-0.3, -0.25) is 0 Å². The lowest BCUT2D eigenvalue weighted by Gasteiger charge is -2.39. The van der Waals surface area contributed by atoms with Gasteiger partial charge in [-0.2, -0.15) is 5.26 Å². The third-order valence-corrected chi connectivity index (χ3v) is 7.20. The molecule has 6 heteroatoms. The number of aryl methyl sites for hydroxylation is 3. The van der Waals surface area contributed by atoms with Gasteiger partial charge in [0.1, 0.15) is 0 Å². The molecule has 1 aliphatic rings. The van der Waals surface area contributed by atoms with E-state index in [0.717, 1.165) is 56.2 Å². The van der Waals surface area contributed by atoms with Gasteiger partial charge < -0.3 is 20.5 Å². The minimum atomic E-state index is 0.614. The molecule has 42 heavy (non-hydrogen) atoms. The van der Waals surface area contributed by atoms with Crippen molar-refractivity contribution in [3.05, 3.63) is 89.6 Å². The van der Waals surface area contributed by atoms with Crippen molar-refractivity contribution >= 4 is 5.69 Å². The van der Waals surface area contributed by atoms with Crippen LogP contribution in [0.1, 0.15) is 68.7 Å². The molecular weight excluding hydrogens is 516 g/mol. The fraction of sp³-hybridized carbons (Fsp3) is 0.528. The summed E-state index contributed by atoms with van der Waals surface area (Å²) in [4.78, 5) is 2.23. The van der Waals surface area contributed by atoms with Crippen LogP contribution < -0.4 is 15.5 Å². The fourth-order valence-electron chi connectivity index (χ4n) is 4.65. The largest absolute Gasteiger partial charge is 0.362 e. The van der Waals surface area contributed by atoms with E-state index in [2.05, 4.69) is 111 Å². The Morgan fingerprint density at radius 1 is 1.07 bits per heavy atom. The van der Waals surface area contributed by atoms with Gasteiger partial charge in [-0.1, -0.05) is 82.2 Å². The Balaban J connectivity index is 0.000000401. The first kappa shape index (κ1) is 36.9. The Bertz CT molecular complexity index is 1060. The molecule has 0 radical (unpaired) electrons. The lowest BCUT2D eigenvalue weighted by atomic mass is 10.1. The van der Waals surface area contributed by atoms with E-state index in [0.29, 0.717) is 11.6 Å². The van der Waals surface area contributed by atoms with E-state index in [1.54, 1.807) is 0 Å². The zero-order chi connectivity index (χ0) is 31.3. The number of likely N-dealkylation sites (N-methyl/N-ethyl adjacent to an activating group) is 2. The maximum Gasteiger partial charge on any atom is 0.0992 e. The van der Waals surface area contributed by atoms with Crippen molar-refractivity contribution in [3.63, 3.8) is 0 Å². The molecule has 0 amide bonds. The first-order chi connectivity index (χ1) is 20.2. The molecule has 1 heterocycles. The lowest BCUT2D eigenvalue weighted by molar-refractivity contribution is 0.0142. The minimum Gasteiger partial charge on any atom is -0.362 e. The van der Waals surface area contributed by atoms with Gasteiger partial charge in [-0.15, -0.1) is 6.58 Å². The number of piperidine rings is 1. The van der Waals surface area contributed by atoms with Gasteiger partial charge in [-0.25, -0.2) is 5.01 Å². The molecule has 1 aliphatic heterocycles. The number of hydrazine groups is 1. The molecule has 0 aliphatic carbocycles. The van der Waals surface area contributed by atoms with Crippen LogP contribution in [-0.4, -0.2) is 69.4 Å². The zero-order valence-electron chi connectivity index (χ0n) is 27.7. The van der Waals surface area contributed by atoms with Crippen molar-refractivity contribution in [1.82, 2.24) is 20.7 Å². The topological polar surface area (TPSA) is 57.6 Å². The van der Waals surface area contributed by atoms with Gasteiger partial charge in [0.05, 0.1) is 18.2 Å². The van der Waals surface area contributed by atoms with Crippen molar-refractivity contribution in [3.8, 4) is 6.07 Å². The van der Waals surface area contributed by atoms with Crippen LogP contribution in [0, 0.1) is 25.2 Å². The van der Waals surface area contributed by atoms with Crippen LogP contribution in [0.3, 0.4) is 0 Å². The molecule has 0 saturated carbocycles. The summed E-state index contributed by atoms with van der Waals surface area (Å²) in [5.41, 5.74) is 6.76. The summed E-state index contributed by atoms with van der Waals surface area (Å²) in [7, 11) is 4.06. The van der Waals surface area contributed by atoms with Crippen molar-refractivity contribution in [1.29, 1.82) is 5.26 Å². The number of hydrogen-bond acceptors (Lipinski definition) is 6. The summed E-state index contributed by atoms with van der Waals surface area (Å²) in [6.07, 6.45) is 8.16. The molecule has 0 atom stereocenters. The number of anilines is 1. The van der Waals surface area contributed by atoms with E-state index in [9.17, 15) is 5.26 Å². The van der Waals surface area contributed by atoms with Crippen molar-refractivity contribution in [2.24, 2.45) is 0 Å². The third-order valence-electron chi connectivity index (χ3n) is 7.20. The number of hydrogen-bond donors (Lipinski definition) is 2. The second-order valence-corrected chi connectivity index (χ2v) is 11.3. The Morgan fingerprint density at radius 2 is 1.74 bits per heavy atom. The Hall–Kier alpha value is -3.11. The second kappa shape index (κ2) is 21.6. The van der Waals surface area contributed by atoms with Gasteiger partial charge in [0.25, 0.3) is 0 Å². The van der Waals surface area contributed by atoms with Gasteiger partial charge in [0.15, 0.2) is 0 Å². The quantitative estimate of drug-likeness (QED) is 0.201. The summed E-state index contributed by atoms with van der Waals surface area (Å²) in [5.74, 6) is 0. The minimum absolute atomic E-state index is 0.614. The third kappa shape index (κ3) is 14.7. The molecular formula is C36H58N6. The van der Waals surface area contributed by atoms with E-state index in [4.69, 9.17) is 0 Å². The Kier molecular flexibility index (Phi) is 19.0. The smallest absolute Gasteiger partial charge is 0.0992 e. The average molecular weight is 575 g/mol. The fourth-order valence-corrected chi connectivity index (χ4v) is 4.65. The van der Waals surface area contributed by atoms with Crippen molar-refractivity contribution < 1.29 is 0 Å². The van der Waals surface area contributed by atoms with Crippen LogP contribution in [0.5, 0.6) is 0 Å². The van der Waals surface area contributed by atoms with Crippen LogP contribution in [0.25, 0.3) is 0 Å². The molecule has 2 N–H and O–H groups in total. The molecule has 1 fully saturated rings. The first-order valence-corrected chi connectivity index (χ1v) is 15.6. The normalized spacial score (nSPS) is 12.7. The molecule has 0 spiro atoms. The predicted molar refractivity (Wildman–Crippen MR) is 183 cm³/mol. The van der Waals surface area contributed by atoms with Crippen LogP contribution in [0.15, 0.2) is 67.4 Å². The highest BCUT2D eigenvalue weighted by atomic mass is 15.6. The number of nitrogens with one attached hydrogen (secondary N) is 2. The molecule has 2 aromatic carbocycles. The van der Waals surface area contributed by atoms with Crippen LogP contribution >= 0.6 is 0 Å². The molecule has 3 rings (SSSR count). The first-order valence-electron chi connectivity index (χ1n) is 15.6. The Labute approximate surface area is 258 Å². The molecule has 0 unspecified atom stereocenters. The summed E-state index contributed by atoms with van der Waals surface area (Å²) < 4.78 is 0. The van der Waals surface area contributed by atoms with Crippen molar-refractivity contribution in [2.75, 3.05) is 58.3 Å². The molecule has 232 valence electrons. The maximum absolute atomic E-state index is 9.18. The molecule has 6 nitrogen and oxygen atoms in total. The summed E-state index contributed by atoms with van der Waals surface area (Å²) in [6.45, 7) is 24.6. The van der Waals surface area contributed by atoms with E-state index in [1.165, 1.54) is 43.2 Å². The molecule has 0 aromatic heterocycles. The molecule has 2 aromatic rings. The second-order valence-electron chi connectivity index (χ2n) is 11.3. The van der Waals surface area contributed by atoms with Gasteiger partial charge in [0.2, 0.25) is 0 Å². The van der Waals surface area contributed by atoms with E-state index in [1.807, 2.05) is 31.3 Å². The number of rotatable bonds is 13.